The number of rotatable bonds is 10. The summed E-state index contributed by atoms with van der Waals surface area (Å²) >= 11 is 0. The minimum absolute atomic E-state index is 0.00748. The van der Waals surface area contributed by atoms with Gasteiger partial charge in [-0.1, -0.05) is 24.8 Å². The van der Waals surface area contributed by atoms with Gasteiger partial charge in [-0.25, -0.2) is 9.97 Å². The number of hydrogen-bond donors (Lipinski definition) is 2. The molecule has 1 fully saturated rings. The summed E-state index contributed by atoms with van der Waals surface area (Å²) < 4.78 is 20.7. The van der Waals surface area contributed by atoms with E-state index >= 15 is 0 Å². The number of fused-ring (bicyclic) bond motifs is 4. The third-order valence-corrected chi connectivity index (χ3v) is 8.33. The highest BCUT2D eigenvalue weighted by molar-refractivity contribution is 6.02. The summed E-state index contributed by atoms with van der Waals surface area (Å²) in [4.78, 5) is 26.1. The number of methoxy groups -OCH3 is 1. The normalized spacial score (nSPS) is 18.4. The summed E-state index contributed by atoms with van der Waals surface area (Å²) in [5.41, 5.74) is 6.21. The Balaban J connectivity index is 1.37. The maximum absolute atomic E-state index is 12.4. The van der Waals surface area contributed by atoms with E-state index in [0.29, 0.717) is 36.0 Å². The number of benzene rings is 2. The largest absolute Gasteiger partial charge is 0.494 e. The summed E-state index contributed by atoms with van der Waals surface area (Å²) in [6, 6.07) is 14.1. The fraction of sp³-hybridized carbons (Fsp3) is 0.382. The van der Waals surface area contributed by atoms with Crippen LogP contribution in [0.3, 0.4) is 0 Å². The predicted molar refractivity (Wildman–Crippen MR) is 177 cm³/mol. The van der Waals surface area contributed by atoms with E-state index in [0.717, 1.165) is 40.9 Å². The highest BCUT2D eigenvalue weighted by Gasteiger charge is 2.45. The Kier molecular flexibility index (Phi) is 8.25. The molecule has 2 aliphatic heterocycles. The van der Waals surface area contributed by atoms with Crippen LogP contribution in [-0.2, 0) is 27.2 Å². The molecule has 6 rings (SSSR count). The van der Waals surface area contributed by atoms with Crippen molar-refractivity contribution in [3.63, 3.8) is 0 Å². The second-order valence-corrected chi connectivity index (χ2v) is 12.2. The first-order valence-corrected chi connectivity index (χ1v) is 15.1. The van der Waals surface area contributed by atoms with E-state index in [1.807, 2.05) is 53.2 Å². The van der Waals surface area contributed by atoms with Crippen molar-refractivity contribution < 1.29 is 19.0 Å². The van der Waals surface area contributed by atoms with Gasteiger partial charge in [0, 0.05) is 61.0 Å². The van der Waals surface area contributed by atoms with E-state index < -0.39 is 5.79 Å². The third-order valence-electron chi connectivity index (χ3n) is 8.33. The molecule has 0 spiro atoms. The van der Waals surface area contributed by atoms with Gasteiger partial charge in [-0.3, -0.25) is 4.79 Å². The van der Waals surface area contributed by atoms with Crippen LogP contribution >= 0.6 is 0 Å². The van der Waals surface area contributed by atoms with Crippen LogP contribution < -0.4 is 20.3 Å². The molecule has 2 aromatic carbocycles. The lowest BCUT2D eigenvalue weighted by Gasteiger charge is -2.26. The van der Waals surface area contributed by atoms with E-state index in [1.54, 1.807) is 13.3 Å². The van der Waals surface area contributed by atoms with Gasteiger partial charge in [0.2, 0.25) is 11.9 Å². The van der Waals surface area contributed by atoms with Crippen molar-refractivity contribution in [2.75, 3.05) is 56.9 Å². The summed E-state index contributed by atoms with van der Waals surface area (Å²) in [5.74, 6) is 0.0753. The van der Waals surface area contributed by atoms with Crippen molar-refractivity contribution in [1.82, 2.24) is 19.4 Å². The summed E-state index contributed by atoms with van der Waals surface area (Å²) in [6.07, 6.45) is 3.68. The first-order chi connectivity index (χ1) is 21.6. The molecule has 0 saturated carbocycles. The van der Waals surface area contributed by atoms with Crippen LogP contribution in [-0.4, -0.2) is 84.7 Å². The van der Waals surface area contributed by atoms with E-state index in [4.69, 9.17) is 19.2 Å². The first kappa shape index (κ1) is 30.6. The van der Waals surface area contributed by atoms with Crippen LogP contribution in [0.4, 0.5) is 23.0 Å². The quantitative estimate of drug-likeness (QED) is 0.238. The lowest BCUT2D eigenvalue weighted by molar-refractivity contribution is -0.145. The van der Waals surface area contributed by atoms with Crippen molar-refractivity contribution >= 4 is 39.8 Å². The number of para-hydroxylation sites is 1. The number of ether oxygens (including phenoxy) is 3. The zero-order valence-electron chi connectivity index (χ0n) is 26.8. The zero-order chi connectivity index (χ0) is 31.9. The molecule has 0 aliphatic carbocycles. The van der Waals surface area contributed by atoms with Crippen LogP contribution in [0.5, 0.6) is 5.75 Å². The number of likely N-dealkylation sites (N-methyl/N-ethyl adjacent to an activating group) is 2. The SMILES string of the molecule is C=CC(=O)Nc1cc(Nc2nccc(-c3c4n(c5ccccc35)C[C@@H]3OC(C)(C)O[C@@H]3C4)n2)c(OC)cc1N(C)CCN(C)C. The smallest absolute Gasteiger partial charge is 0.247 e. The van der Waals surface area contributed by atoms with Crippen molar-refractivity contribution in [2.45, 2.75) is 44.8 Å². The number of nitrogens with zero attached hydrogens (tertiary/aromatic N) is 5. The van der Waals surface area contributed by atoms with Gasteiger partial charge >= 0.3 is 0 Å². The van der Waals surface area contributed by atoms with Gasteiger partial charge in [0.1, 0.15) is 11.9 Å². The molecule has 0 radical (unpaired) electrons. The van der Waals surface area contributed by atoms with Gasteiger partial charge in [0.15, 0.2) is 5.79 Å². The molecule has 45 heavy (non-hydrogen) atoms. The molecule has 1 amide bonds. The average molecular weight is 612 g/mol. The van der Waals surface area contributed by atoms with Gasteiger partial charge in [-0.2, -0.15) is 0 Å². The maximum atomic E-state index is 12.4. The highest BCUT2D eigenvalue weighted by Crippen LogP contribution is 2.43. The Labute approximate surface area is 263 Å². The number of hydrogen-bond acceptors (Lipinski definition) is 9. The molecule has 0 unspecified atom stereocenters. The van der Waals surface area contributed by atoms with E-state index in [9.17, 15) is 4.79 Å². The van der Waals surface area contributed by atoms with Crippen molar-refractivity contribution in [3.8, 4) is 17.0 Å². The fourth-order valence-electron chi connectivity index (χ4n) is 6.25. The minimum atomic E-state index is -0.610. The fourth-order valence-corrected chi connectivity index (χ4v) is 6.25. The molecule has 2 N–H and O–H groups in total. The Morgan fingerprint density at radius 3 is 2.67 bits per heavy atom. The number of amides is 1. The molecule has 2 aromatic heterocycles. The predicted octanol–water partition coefficient (Wildman–Crippen LogP) is 5.05. The molecule has 2 atom stereocenters. The number of nitrogens with one attached hydrogen (secondary N) is 2. The Morgan fingerprint density at radius 1 is 1.13 bits per heavy atom. The number of carbonyl (C=O) groups is 1. The molecule has 2 aliphatic rings. The standard InChI is InChI=1S/C34H41N7O4/c1-8-31(42)36-23-17-24(28(43-7)18-26(23)40(6)16-15-39(4)5)38-33-35-14-13-22(37-33)32-21-11-9-10-12-25(21)41-20-30-29(19-27(32)41)44-34(2,3)45-30/h8-14,17-18,29-30H,1,15-16,19-20H2,2-7H3,(H,36,42)(H,35,37,38)/t29-,30+/m1/s1. The molecule has 11 heteroatoms. The molecule has 4 aromatic rings. The molecular formula is C34H41N7O4. The second-order valence-electron chi connectivity index (χ2n) is 12.2. The van der Waals surface area contributed by atoms with E-state index in [-0.39, 0.29) is 18.1 Å². The van der Waals surface area contributed by atoms with Gasteiger partial charge in [0.05, 0.1) is 42.5 Å². The van der Waals surface area contributed by atoms with Crippen LogP contribution in [0, 0.1) is 0 Å². The molecular weight excluding hydrogens is 570 g/mol. The average Bonchev–Trinajstić information content (AvgIpc) is 3.50. The Morgan fingerprint density at radius 2 is 1.91 bits per heavy atom. The van der Waals surface area contributed by atoms with Crippen molar-refractivity contribution in [3.05, 3.63) is 67.0 Å². The van der Waals surface area contributed by atoms with E-state index in [2.05, 4.69) is 60.8 Å². The lowest BCUT2D eigenvalue weighted by atomic mass is 9.99. The Hall–Kier alpha value is -4.45. The van der Waals surface area contributed by atoms with Crippen molar-refractivity contribution in [2.24, 2.45) is 0 Å². The monoisotopic (exact) mass is 611 g/mol. The molecule has 236 valence electrons. The molecule has 0 bridgehead atoms. The van der Waals surface area contributed by atoms with Crippen LogP contribution in [0.25, 0.3) is 22.2 Å². The minimum Gasteiger partial charge on any atom is -0.494 e. The number of anilines is 4. The maximum Gasteiger partial charge on any atom is 0.247 e. The topological polar surface area (TPSA) is 106 Å². The van der Waals surface area contributed by atoms with Gasteiger partial charge in [-0.05, 0) is 52.2 Å². The van der Waals surface area contributed by atoms with E-state index in [1.165, 1.54) is 11.8 Å². The van der Waals surface area contributed by atoms with Crippen molar-refractivity contribution in [1.29, 1.82) is 0 Å². The van der Waals surface area contributed by atoms with Gasteiger partial charge in [0.25, 0.3) is 0 Å². The first-order valence-electron chi connectivity index (χ1n) is 15.1. The third kappa shape index (κ3) is 6.11. The van der Waals surface area contributed by atoms with Crippen LogP contribution in [0.15, 0.2) is 61.3 Å². The summed E-state index contributed by atoms with van der Waals surface area (Å²) in [5, 5.41) is 7.41. The molecule has 4 heterocycles. The molecule has 1 saturated heterocycles. The van der Waals surface area contributed by atoms with Crippen LogP contribution in [0.1, 0.15) is 19.5 Å². The summed E-state index contributed by atoms with van der Waals surface area (Å²) in [6.45, 7) is 9.86. The highest BCUT2D eigenvalue weighted by atomic mass is 16.8. The number of carbonyl (C=O) groups excluding carboxylic acids is 1. The zero-order valence-corrected chi connectivity index (χ0v) is 26.8. The van der Waals surface area contributed by atoms with Crippen LogP contribution in [0.2, 0.25) is 0 Å². The van der Waals surface area contributed by atoms with Gasteiger partial charge < -0.3 is 39.2 Å². The van der Waals surface area contributed by atoms with Gasteiger partial charge in [-0.15, -0.1) is 0 Å². The Bertz CT molecular complexity index is 1750. The second kappa shape index (κ2) is 12.2. The molecule has 11 nitrogen and oxygen atoms in total. The number of aromatic nitrogens is 3. The summed E-state index contributed by atoms with van der Waals surface area (Å²) in [7, 11) is 7.65. The lowest BCUT2D eigenvalue weighted by Crippen LogP contribution is -2.35.